The van der Waals surface area contributed by atoms with Gasteiger partial charge in [-0.05, 0) is 12.1 Å². The Bertz CT molecular complexity index is 940. The topological polar surface area (TPSA) is 103 Å². The lowest BCUT2D eigenvalue weighted by molar-refractivity contribution is -0.768. The van der Waals surface area contributed by atoms with Crippen LogP contribution in [0.15, 0.2) is 39.5 Å². The summed E-state index contributed by atoms with van der Waals surface area (Å²) in [6, 6.07) is 8.77. The first-order valence-electron chi connectivity index (χ1n) is 9.32. The number of amides is 1. The van der Waals surface area contributed by atoms with Crippen LogP contribution in [0.1, 0.15) is 24.2 Å². The molecule has 0 aliphatic carbocycles. The molecule has 0 spiro atoms. The van der Waals surface area contributed by atoms with Crippen LogP contribution in [-0.2, 0) is 10.2 Å². The molecule has 1 aromatic carbocycles. The average Bonchev–Trinajstić information content (AvgIpc) is 3.09. The van der Waals surface area contributed by atoms with Crippen molar-refractivity contribution in [1.29, 1.82) is 0 Å². The number of hydrogen-bond donors (Lipinski definition) is 1. The van der Waals surface area contributed by atoms with Gasteiger partial charge in [-0.3, -0.25) is 14.6 Å². The predicted octanol–water partition coefficient (Wildman–Crippen LogP) is 0.817. The van der Waals surface area contributed by atoms with E-state index >= 15 is 0 Å². The Hall–Kier alpha value is -2.02. The van der Waals surface area contributed by atoms with Gasteiger partial charge in [0.25, 0.3) is 16.1 Å². The second kappa shape index (κ2) is 9.20. The van der Waals surface area contributed by atoms with Crippen LogP contribution >= 0.6 is 15.9 Å². The highest BCUT2D eigenvalue weighted by molar-refractivity contribution is 9.10. The Balaban J connectivity index is 1.66. The number of benzene rings is 1. The fourth-order valence-electron chi connectivity index (χ4n) is 3.07. The summed E-state index contributed by atoms with van der Waals surface area (Å²) in [4.78, 5) is 13.8. The number of rotatable bonds is 7. The van der Waals surface area contributed by atoms with Crippen molar-refractivity contribution in [2.24, 2.45) is 0 Å². The van der Waals surface area contributed by atoms with Crippen molar-refractivity contribution in [2.45, 2.75) is 13.8 Å². The van der Waals surface area contributed by atoms with Gasteiger partial charge in [0.05, 0.1) is 17.9 Å². The summed E-state index contributed by atoms with van der Waals surface area (Å²) in [5, 5.41) is 8.49. The minimum atomic E-state index is -3.46. The molecule has 0 radical (unpaired) electrons. The molecule has 158 valence electrons. The molecule has 1 aliphatic rings. The molecule has 29 heavy (non-hydrogen) atoms. The molecular formula is C17H24BrN6O4S+. The fraction of sp³-hybridized carbons (Fsp3) is 0.471. The maximum absolute atomic E-state index is 12.7. The van der Waals surface area contributed by atoms with E-state index in [0.29, 0.717) is 49.4 Å². The van der Waals surface area contributed by atoms with E-state index < -0.39 is 10.2 Å². The number of halogens is 1. The minimum Gasteiger partial charge on any atom is -0.284 e. The first-order chi connectivity index (χ1) is 13.9. The lowest BCUT2D eigenvalue weighted by Crippen LogP contribution is -2.67. The standard InChI is InChI=1S/C17H23BrN6O4S/c1-3-22(4-2)29(26,27)23-12-10-21(11-13-23)24-15(18)17(28-20-24)19-16(25)14-8-6-5-7-9-14/h5-9H,3-4,10-13H2,1-2H3/p+1. The average molecular weight is 488 g/mol. The molecule has 3 rings (SSSR count). The van der Waals surface area contributed by atoms with Crippen LogP contribution in [0.5, 0.6) is 0 Å². The van der Waals surface area contributed by atoms with Crippen LogP contribution in [-0.4, -0.2) is 67.5 Å². The number of piperazine rings is 1. The zero-order chi connectivity index (χ0) is 21.0. The number of nitrogens with one attached hydrogen (secondary N) is 1. The molecule has 2 heterocycles. The van der Waals surface area contributed by atoms with E-state index in [4.69, 9.17) is 4.52 Å². The zero-order valence-corrected chi connectivity index (χ0v) is 18.7. The summed E-state index contributed by atoms with van der Waals surface area (Å²) in [5.74, 6) is -0.137. The fourth-order valence-corrected chi connectivity index (χ4v) is 5.13. The summed E-state index contributed by atoms with van der Waals surface area (Å²) in [5.41, 5.74) is 0.498. The van der Waals surface area contributed by atoms with Crippen molar-refractivity contribution in [3.05, 3.63) is 40.5 Å². The molecule has 1 saturated heterocycles. The van der Waals surface area contributed by atoms with Gasteiger partial charge in [-0.2, -0.15) is 17.0 Å². The van der Waals surface area contributed by atoms with Gasteiger partial charge in [0.15, 0.2) is 0 Å². The summed E-state index contributed by atoms with van der Waals surface area (Å²) in [6.45, 7) is 6.05. The van der Waals surface area contributed by atoms with Crippen molar-refractivity contribution >= 4 is 37.9 Å². The van der Waals surface area contributed by atoms with Crippen LogP contribution in [0, 0.1) is 0 Å². The van der Waals surface area contributed by atoms with E-state index in [-0.39, 0.29) is 11.8 Å². The predicted molar refractivity (Wildman–Crippen MR) is 110 cm³/mol. The van der Waals surface area contributed by atoms with Crippen molar-refractivity contribution in [3.8, 4) is 0 Å². The molecule has 10 nitrogen and oxygen atoms in total. The third kappa shape index (κ3) is 4.60. The largest absolute Gasteiger partial charge is 0.372 e. The number of carbonyl (C=O) groups excluding carboxylic acids is 1. The highest BCUT2D eigenvalue weighted by Gasteiger charge is 2.36. The molecule has 1 amide bonds. The lowest BCUT2D eigenvalue weighted by Gasteiger charge is -2.32. The Kier molecular flexibility index (Phi) is 6.88. The highest BCUT2D eigenvalue weighted by Crippen LogP contribution is 2.19. The number of hydrogen-bond acceptors (Lipinski definition) is 6. The summed E-state index contributed by atoms with van der Waals surface area (Å²) >= 11 is 3.40. The maximum atomic E-state index is 12.7. The SMILES string of the molecule is CCN(CC)S(=O)(=O)N1CCN([n+]2noc(NC(=O)c3ccccc3)c2Br)CC1. The van der Waals surface area contributed by atoms with Crippen LogP contribution in [0.4, 0.5) is 5.88 Å². The van der Waals surface area contributed by atoms with Crippen LogP contribution in [0.2, 0.25) is 0 Å². The zero-order valence-electron chi connectivity index (χ0n) is 16.3. The smallest absolute Gasteiger partial charge is 0.284 e. The number of nitrogens with zero attached hydrogens (tertiary/aromatic N) is 5. The first-order valence-corrected chi connectivity index (χ1v) is 11.5. The Morgan fingerprint density at radius 3 is 2.41 bits per heavy atom. The van der Waals surface area contributed by atoms with Gasteiger partial charge in [0.1, 0.15) is 0 Å². The third-order valence-corrected chi connectivity index (χ3v) is 7.54. The molecule has 0 saturated carbocycles. The highest BCUT2D eigenvalue weighted by atomic mass is 79.9. The summed E-state index contributed by atoms with van der Waals surface area (Å²) in [7, 11) is -3.46. The quantitative estimate of drug-likeness (QED) is 0.579. The lowest BCUT2D eigenvalue weighted by atomic mass is 10.2. The summed E-state index contributed by atoms with van der Waals surface area (Å²) < 4.78 is 33.9. The monoisotopic (exact) mass is 487 g/mol. The Labute approximate surface area is 178 Å². The normalized spacial score (nSPS) is 15.7. The molecule has 2 aromatic rings. The van der Waals surface area contributed by atoms with Gasteiger partial charge in [-0.1, -0.05) is 32.0 Å². The summed E-state index contributed by atoms with van der Waals surface area (Å²) in [6.07, 6.45) is 0. The molecule has 0 unspecified atom stereocenters. The number of aromatic nitrogens is 2. The Morgan fingerprint density at radius 2 is 1.83 bits per heavy atom. The molecule has 0 bridgehead atoms. The van der Waals surface area contributed by atoms with Gasteiger partial charge in [-0.25, -0.2) is 0 Å². The van der Waals surface area contributed by atoms with Crippen molar-refractivity contribution < 1.29 is 22.5 Å². The molecule has 12 heteroatoms. The second-order valence-corrected chi connectivity index (χ2v) is 9.03. The van der Waals surface area contributed by atoms with Crippen molar-refractivity contribution in [3.63, 3.8) is 0 Å². The van der Waals surface area contributed by atoms with Gasteiger partial charge in [-0.15, -0.1) is 5.01 Å². The second-order valence-electron chi connectivity index (χ2n) is 6.35. The molecule has 1 aromatic heterocycles. The van der Waals surface area contributed by atoms with Gasteiger partial charge in [0.2, 0.25) is 5.27 Å². The molecule has 1 fully saturated rings. The Morgan fingerprint density at radius 1 is 1.21 bits per heavy atom. The van der Waals surface area contributed by atoms with Crippen LogP contribution < -0.4 is 15.1 Å². The van der Waals surface area contributed by atoms with E-state index in [2.05, 4.69) is 26.5 Å². The van der Waals surface area contributed by atoms with Gasteiger partial charge >= 0.3 is 10.5 Å². The van der Waals surface area contributed by atoms with Crippen LogP contribution in [0.3, 0.4) is 0 Å². The van der Waals surface area contributed by atoms with Crippen molar-refractivity contribution in [1.82, 2.24) is 13.9 Å². The third-order valence-electron chi connectivity index (χ3n) is 4.68. The van der Waals surface area contributed by atoms with Crippen LogP contribution in [0.25, 0.3) is 0 Å². The van der Waals surface area contributed by atoms with Gasteiger partial charge in [0, 0.05) is 47.7 Å². The number of anilines is 1. The van der Waals surface area contributed by atoms with E-state index in [1.165, 1.54) is 13.4 Å². The van der Waals surface area contributed by atoms with Crippen molar-refractivity contribution in [2.75, 3.05) is 49.6 Å². The first kappa shape index (κ1) is 21.7. The molecular weight excluding hydrogens is 464 g/mol. The van der Waals surface area contributed by atoms with E-state index in [1.807, 2.05) is 24.9 Å². The minimum absolute atomic E-state index is 0.178. The molecule has 1 N–H and O–H groups in total. The molecule has 1 aliphatic heterocycles. The molecule has 0 atom stereocenters. The van der Waals surface area contributed by atoms with E-state index in [9.17, 15) is 13.2 Å². The van der Waals surface area contributed by atoms with E-state index in [0.717, 1.165) is 0 Å². The number of carbonyl (C=O) groups is 1. The van der Waals surface area contributed by atoms with Gasteiger partial charge < -0.3 is 0 Å². The van der Waals surface area contributed by atoms with E-state index in [1.54, 1.807) is 24.3 Å². The maximum Gasteiger partial charge on any atom is 0.372 e.